The van der Waals surface area contributed by atoms with Crippen LogP contribution in [-0.4, -0.2) is 17.1 Å². The minimum atomic E-state index is -0.523. The molecular formula is C15H12N2O4S. The molecule has 22 heavy (non-hydrogen) atoms. The van der Waals surface area contributed by atoms with Gasteiger partial charge in [-0.15, -0.1) is 0 Å². The molecule has 0 aliphatic carbocycles. The number of benzene rings is 2. The topological polar surface area (TPSA) is 89.3 Å². The zero-order chi connectivity index (χ0) is 16.1. The van der Waals surface area contributed by atoms with Crippen LogP contribution in [0.4, 0.5) is 11.4 Å². The van der Waals surface area contributed by atoms with Crippen LogP contribution in [0.1, 0.15) is 17.3 Å². The largest absolute Gasteiger partial charge is 0.328 e. The van der Waals surface area contributed by atoms with Crippen LogP contribution in [0.15, 0.2) is 52.3 Å². The highest BCUT2D eigenvalue weighted by atomic mass is 32.2. The third kappa shape index (κ3) is 3.50. The Balaban J connectivity index is 2.43. The quantitative estimate of drug-likeness (QED) is 0.381. The fourth-order valence-corrected chi connectivity index (χ4v) is 2.82. The number of para-hydroxylation sites is 1. The molecule has 7 heteroatoms. The van der Waals surface area contributed by atoms with Crippen LogP contribution in [-0.2, 0) is 4.79 Å². The molecule has 0 atom stereocenters. The van der Waals surface area contributed by atoms with Gasteiger partial charge >= 0.3 is 0 Å². The maximum absolute atomic E-state index is 11.4. The highest BCUT2D eigenvalue weighted by Crippen LogP contribution is 2.38. The number of anilines is 1. The SMILES string of the molecule is CC(=O)c1ccc(Sc2ccccc2NC=O)c([N+](=O)[O-])c1. The molecule has 1 N–H and O–H groups in total. The number of nitrogens with zero attached hydrogens (tertiary/aromatic N) is 1. The molecule has 0 saturated carbocycles. The van der Waals surface area contributed by atoms with Crippen LogP contribution in [0, 0.1) is 10.1 Å². The van der Waals surface area contributed by atoms with Gasteiger partial charge in [0.05, 0.1) is 15.5 Å². The average Bonchev–Trinajstić information content (AvgIpc) is 2.49. The van der Waals surface area contributed by atoms with Crippen molar-refractivity contribution in [2.45, 2.75) is 16.7 Å². The summed E-state index contributed by atoms with van der Waals surface area (Å²) in [5, 5.41) is 13.8. The van der Waals surface area contributed by atoms with Gasteiger partial charge < -0.3 is 5.32 Å². The summed E-state index contributed by atoms with van der Waals surface area (Å²) in [6.45, 7) is 1.36. The van der Waals surface area contributed by atoms with Gasteiger partial charge in [-0.05, 0) is 31.2 Å². The van der Waals surface area contributed by atoms with E-state index >= 15 is 0 Å². The van der Waals surface area contributed by atoms with E-state index in [4.69, 9.17) is 0 Å². The third-order valence-corrected chi connectivity index (χ3v) is 4.02. The van der Waals surface area contributed by atoms with E-state index in [-0.39, 0.29) is 17.0 Å². The van der Waals surface area contributed by atoms with Crippen molar-refractivity contribution in [3.05, 3.63) is 58.1 Å². The molecule has 0 radical (unpaired) electrons. The molecule has 6 nitrogen and oxygen atoms in total. The van der Waals surface area contributed by atoms with Crippen molar-refractivity contribution in [1.29, 1.82) is 0 Å². The molecule has 0 saturated heterocycles. The van der Waals surface area contributed by atoms with Gasteiger partial charge in [0.2, 0.25) is 6.41 Å². The lowest BCUT2D eigenvalue weighted by molar-refractivity contribution is -0.387. The monoisotopic (exact) mass is 316 g/mol. The Bertz CT molecular complexity index is 746. The molecule has 0 heterocycles. The summed E-state index contributed by atoms with van der Waals surface area (Å²) in [5.41, 5.74) is 0.710. The van der Waals surface area contributed by atoms with E-state index in [9.17, 15) is 19.7 Å². The summed E-state index contributed by atoms with van der Waals surface area (Å²) in [7, 11) is 0. The molecule has 0 bridgehead atoms. The standard InChI is InChI=1S/C15H12N2O4S/c1-10(19)11-6-7-15(13(8-11)17(20)21)22-14-5-3-2-4-12(14)16-9-18/h2-9H,1H3,(H,16,18). The molecule has 0 spiro atoms. The molecular weight excluding hydrogens is 304 g/mol. The first kappa shape index (κ1) is 15.7. The van der Waals surface area contributed by atoms with Crippen LogP contribution >= 0.6 is 11.8 Å². The van der Waals surface area contributed by atoms with E-state index in [1.165, 1.54) is 19.1 Å². The summed E-state index contributed by atoms with van der Waals surface area (Å²) in [5.74, 6) is -0.234. The number of hydrogen-bond donors (Lipinski definition) is 1. The lowest BCUT2D eigenvalue weighted by atomic mass is 10.1. The van der Waals surface area contributed by atoms with E-state index in [1.54, 1.807) is 30.3 Å². The molecule has 0 aromatic heterocycles. The normalized spacial score (nSPS) is 10.0. The van der Waals surface area contributed by atoms with Crippen molar-refractivity contribution >= 4 is 35.3 Å². The number of hydrogen-bond acceptors (Lipinski definition) is 5. The van der Waals surface area contributed by atoms with Crippen molar-refractivity contribution in [3.63, 3.8) is 0 Å². The lowest BCUT2D eigenvalue weighted by Gasteiger charge is -2.08. The second-order valence-electron chi connectivity index (χ2n) is 4.36. The molecule has 0 aliphatic rings. The number of nitro benzene ring substituents is 1. The summed E-state index contributed by atoms with van der Waals surface area (Å²) < 4.78 is 0. The zero-order valence-electron chi connectivity index (χ0n) is 11.6. The number of Topliss-reactive ketones (excluding diaryl/α,β-unsaturated/α-hetero) is 1. The second kappa shape index (κ2) is 6.86. The van der Waals surface area contributed by atoms with E-state index in [2.05, 4.69) is 5.32 Å². The number of ketones is 1. The Kier molecular flexibility index (Phi) is 4.90. The molecule has 2 aromatic carbocycles. The lowest BCUT2D eigenvalue weighted by Crippen LogP contribution is -1.98. The summed E-state index contributed by atoms with van der Waals surface area (Å²) in [6, 6.07) is 11.3. The maximum atomic E-state index is 11.4. The predicted octanol–water partition coefficient (Wildman–Crippen LogP) is 3.52. The van der Waals surface area contributed by atoms with E-state index in [1.807, 2.05) is 0 Å². The Labute approximate surface area is 130 Å². The van der Waals surface area contributed by atoms with Gasteiger partial charge in [0.25, 0.3) is 5.69 Å². The van der Waals surface area contributed by atoms with Gasteiger partial charge in [-0.25, -0.2) is 0 Å². The number of amides is 1. The summed E-state index contributed by atoms with van der Waals surface area (Å²) >= 11 is 1.16. The third-order valence-electron chi connectivity index (χ3n) is 2.88. The van der Waals surface area contributed by atoms with Crippen LogP contribution in [0.3, 0.4) is 0 Å². The van der Waals surface area contributed by atoms with E-state index in [0.29, 0.717) is 21.9 Å². The van der Waals surface area contributed by atoms with Crippen molar-refractivity contribution in [1.82, 2.24) is 0 Å². The van der Waals surface area contributed by atoms with Crippen LogP contribution in [0.2, 0.25) is 0 Å². The zero-order valence-corrected chi connectivity index (χ0v) is 12.4. The Morgan fingerprint density at radius 2 is 1.95 bits per heavy atom. The first-order valence-corrected chi connectivity index (χ1v) is 7.11. The fraction of sp³-hybridized carbons (Fsp3) is 0.0667. The van der Waals surface area contributed by atoms with Crippen LogP contribution in [0.5, 0.6) is 0 Å². The van der Waals surface area contributed by atoms with E-state index in [0.717, 1.165) is 11.8 Å². The number of nitro groups is 1. The molecule has 0 unspecified atom stereocenters. The Morgan fingerprint density at radius 1 is 1.23 bits per heavy atom. The van der Waals surface area contributed by atoms with Gasteiger partial charge in [-0.3, -0.25) is 19.7 Å². The van der Waals surface area contributed by atoms with Crippen molar-refractivity contribution in [3.8, 4) is 0 Å². The van der Waals surface area contributed by atoms with Gasteiger partial charge in [-0.1, -0.05) is 23.9 Å². The molecule has 112 valence electrons. The minimum Gasteiger partial charge on any atom is -0.328 e. The number of nitrogens with one attached hydrogen (secondary N) is 1. The fourth-order valence-electron chi connectivity index (χ4n) is 1.82. The van der Waals surface area contributed by atoms with Crippen molar-refractivity contribution < 1.29 is 14.5 Å². The van der Waals surface area contributed by atoms with Crippen molar-refractivity contribution in [2.24, 2.45) is 0 Å². The van der Waals surface area contributed by atoms with Crippen LogP contribution in [0.25, 0.3) is 0 Å². The smallest absolute Gasteiger partial charge is 0.283 e. The highest BCUT2D eigenvalue weighted by Gasteiger charge is 2.18. The molecule has 2 aromatic rings. The minimum absolute atomic E-state index is 0.140. The number of carbonyl (C=O) groups is 2. The molecule has 2 rings (SSSR count). The molecule has 1 amide bonds. The first-order valence-electron chi connectivity index (χ1n) is 6.29. The Morgan fingerprint density at radius 3 is 2.59 bits per heavy atom. The predicted molar refractivity (Wildman–Crippen MR) is 83.4 cm³/mol. The number of carbonyl (C=O) groups excluding carboxylic acids is 2. The first-order chi connectivity index (χ1) is 10.5. The number of rotatable bonds is 6. The maximum Gasteiger partial charge on any atom is 0.283 e. The Hall–Kier alpha value is -2.67. The van der Waals surface area contributed by atoms with Gasteiger partial charge in [0.15, 0.2) is 5.78 Å². The van der Waals surface area contributed by atoms with Gasteiger partial charge in [0, 0.05) is 16.5 Å². The average molecular weight is 316 g/mol. The van der Waals surface area contributed by atoms with Crippen LogP contribution < -0.4 is 5.32 Å². The summed E-state index contributed by atoms with van der Waals surface area (Å²) in [4.78, 5) is 33.7. The van der Waals surface area contributed by atoms with Gasteiger partial charge in [-0.2, -0.15) is 0 Å². The summed E-state index contributed by atoms with van der Waals surface area (Å²) in [6.07, 6.45) is 0.548. The molecule has 0 aliphatic heterocycles. The second-order valence-corrected chi connectivity index (χ2v) is 5.44. The van der Waals surface area contributed by atoms with E-state index < -0.39 is 4.92 Å². The van der Waals surface area contributed by atoms with Crippen molar-refractivity contribution in [2.75, 3.05) is 5.32 Å². The highest BCUT2D eigenvalue weighted by molar-refractivity contribution is 7.99. The molecule has 0 fully saturated rings. The van der Waals surface area contributed by atoms with Gasteiger partial charge in [0.1, 0.15) is 0 Å².